The molecule has 2 N–H and O–H groups in total. The summed E-state index contributed by atoms with van der Waals surface area (Å²) in [6.45, 7) is 22.0. The Morgan fingerprint density at radius 3 is 2.06 bits per heavy atom. The summed E-state index contributed by atoms with van der Waals surface area (Å²) < 4.78 is 21.0. The van der Waals surface area contributed by atoms with Crippen molar-refractivity contribution in [3.05, 3.63) is 82.4 Å². The van der Waals surface area contributed by atoms with Crippen molar-refractivity contribution in [2.24, 2.45) is 17.8 Å². The van der Waals surface area contributed by atoms with Crippen molar-refractivity contribution in [1.29, 1.82) is 0 Å². The number of carbonyl (C=O) groups excluding carboxylic acids is 4. The lowest BCUT2D eigenvalue weighted by Crippen LogP contribution is -2.26. The molecule has 3 atom stereocenters. The summed E-state index contributed by atoms with van der Waals surface area (Å²) in [5.41, 5.74) is 3.88. The van der Waals surface area contributed by atoms with Gasteiger partial charge in [-0.2, -0.15) is 0 Å². The molecule has 12 nitrogen and oxygen atoms in total. The van der Waals surface area contributed by atoms with Gasteiger partial charge in [-0.15, -0.1) is 0 Å². The number of ether oxygens (including phenoxy) is 4. The number of carbonyl (C=O) groups is 6. The number of hydrogen-bond donors (Lipinski definition) is 2. The third-order valence-electron chi connectivity index (χ3n) is 8.33. The van der Waals surface area contributed by atoms with Crippen LogP contribution in [-0.4, -0.2) is 59.2 Å². The van der Waals surface area contributed by atoms with Crippen molar-refractivity contribution in [2.45, 2.75) is 99.8 Å². The van der Waals surface area contributed by atoms with E-state index >= 15 is 0 Å². The van der Waals surface area contributed by atoms with Gasteiger partial charge in [0.2, 0.25) is 0 Å². The van der Waals surface area contributed by atoms with Gasteiger partial charge < -0.3 is 29.2 Å². The fraction of sp³-hybridized carbons (Fsp3) is 0.500. The Bertz CT molecular complexity index is 1540. The minimum absolute atomic E-state index is 0.0503. The molecular formula is C40H54O12. The van der Waals surface area contributed by atoms with Crippen LogP contribution in [0.5, 0.6) is 0 Å². The van der Waals surface area contributed by atoms with E-state index in [9.17, 15) is 39.0 Å². The van der Waals surface area contributed by atoms with E-state index in [1.807, 2.05) is 19.9 Å². The molecule has 3 unspecified atom stereocenters. The lowest BCUT2D eigenvalue weighted by molar-refractivity contribution is -0.152. The van der Waals surface area contributed by atoms with Crippen molar-refractivity contribution >= 4 is 35.8 Å². The molecule has 0 saturated carbocycles. The molecular weight excluding hydrogens is 672 g/mol. The second-order valence-corrected chi connectivity index (χ2v) is 13.2. The molecule has 0 radical (unpaired) electrons. The van der Waals surface area contributed by atoms with E-state index in [0.717, 1.165) is 17.6 Å². The van der Waals surface area contributed by atoms with Crippen molar-refractivity contribution in [3.63, 3.8) is 0 Å². The van der Waals surface area contributed by atoms with Crippen LogP contribution in [0, 0.1) is 17.8 Å². The Labute approximate surface area is 306 Å². The number of hydrogen-bond acceptors (Lipinski definition) is 10. The summed E-state index contributed by atoms with van der Waals surface area (Å²) in [5, 5.41) is 20.0. The molecule has 286 valence electrons. The first-order valence-electron chi connectivity index (χ1n) is 17.2. The van der Waals surface area contributed by atoms with Crippen LogP contribution in [0.15, 0.2) is 82.4 Å². The molecule has 12 heteroatoms. The van der Waals surface area contributed by atoms with E-state index in [1.165, 1.54) is 13.8 Å². The highest BCUT2D eigenvalue weighted by atomic mass is 16.6. The first kappa shape index (κ1) is 45.0. The zero-order chi connectivity index (χ0) is 39.7. The number of allylic oxidation sites excluding steroid dienone is 6. The zero-order valence-corrected chi connectivity index (χ0v) is 31.6. The van der Waals surface area contributed by atoms with Gasteiger partial charge in [0.05, 0.1) is 30.4 Å². The Balaban J connectivity index is 3.43. The predicted molar refractivity (Wildman–Crippen MR) is 194 cm³/mol. The van der Waals surface area contributed by atoms with Crippen molar-refractivity contribution in [2.75, 3.05) is 13.2 Å². The molecule has 0 bridgehead atoms. The van der Waals surface area contributed by atoms with Crippen LogP contribution in [0.1, 0.15) is 99.8 Å². The molecule has 0 heterocycles. The van der Waals surface area contributed by atoms with E-state index < -0.39 is 53.6 Å². The van der Waals surface area contributed by atoms with Crippen LogP contribution in [0.4, 0.5) is 0 Å². The van der Waals surface area contributed by atoms with Gasteiger partial charge in [-0.05, 0) is 78.4 Å². The zero-order valence-electron chi connectivity index (χ0n) is 31.6. The molecule has 1 rings (SSSR count). The normalized spacial score (nSPS) is 18.4. The van der Waals surface area contributed by atoms with Gasteiger partial charge in [-0.3, -0.25) is 24.0 Å². The van der Waals surface area contributed by atoms with E-state index in [4.69, 9.17) is 18.9 Å². The summed E-state index contributed by atoms with van der Waals surface area (Å²) >= 11 is 0. The SMILES string of the molecule is C=C(C)OC(=O)CCOC(=O)C(CC/C(=C\C1=C(C)C/C(OC(=O)CCOC(=O)C(=C)C)=C(/C)C(C(=O)O)/C(C)=C/1)CCC)CC(C(=C)C)C(=O)O. The average molecular weight is 727 g/mol. The second-order valence-electron chi connectivity index (χ2n) is 13.2. The van der Waals surface area contributed by atoms with E-state index in [-0.39, 0.29) is 62.4 Å². The number of carboxylic acid groups (broad SMARTS) is 2. The number of aliphatic carboxylic acids is 2. The van der Waals surface area contributed by atoms with E-state index in [1.54, 1.807) is 26.8 Å². The largest absolute Gasteiger partial charge is 0.481 e. The minimum atomic E-state index is -1.12. The molecule has 0 aromatic heterocycles. The summed E-state index contributed by atoms with van der Waals surface area (Å²) in [7, 11) is 0. The first-order chi connectivity index (χ1) is 24.3. The number of carboxylic acids is 2. The Morgan fingerprint density at radius 1 is 0.904 bits per heavy atom. The van der Waals surface area contributed by atoms with Crippen LogP contribution >= 0.6 is 0 Å². The Kier molecular flexibility index (Phi) is 19.1. The van der Waals surface area contributed by atoms with Crippen LogP contribution in [-0.2, 0) is 47.7 Å². The smallest absolute Gasteiger partial charge is 0.333 e. The molecule has 0 aromatic carbocycles. The molecule has 0 aliphatic heterocycles. The van der Waals surface area contributed by atoms with Gasteiger partial charge >= 0.3 is 35.8 Å². The molecule has 1 aliphatic carbocycles. The standard InChI is InChI=1S/C40H54O12/c1-11-12-29(13-14-30(22-32(23(2)3)37(43)44)40(48)50-18-15-34(41)51-25(6)7)21-31-19-27(9)36(38(45)46)28(10)33(20-26(31)8)52-35(42)16-17-49-39(47)24(4)5/h19,21,30,32,36H,2,4,6,11-18,20,22H2,1,3,5,7-10H3,(H,43,44)(H,45,46)/b27-19+,29-21-,31-26?,33-28+. The highest BCUT2D eigenvalue weighted by Crippen LogP contribution is 2.34. The van der Waals surface area contributed by atoms with Gasteiger partial charge in [0.15, 0.2) is 0 Å². The summed E-state index contributed by atoms with van der Waals surface area (Å²) in [4.78, 5) is 74.1. The van der Waals surface area contributed by atoms with Gasteiger partial charge in [-0.1, -0.05) is 67.5 Å². The monoisotopic (exact) mass is 726 g/mol. The molecule has 0 fully saturated rings. The minimum Gasteiger partial charge on any atom is -0.481 e. The van der Waals surface area contributed by atoms with Gasteiger partial charge in [0, 0.05) is 12.0 Å². The third-order valence-corrected chi connectivity index (χ3v) is 8.33. The quantitative estimate of drug-likeness (QED) is 0.0392. The average Bonchev–Trinajstić information content (AvgIpc) is 3.02. The lowest BCUT2D eigenvalue weighted by atomic mass is 9.84. The van der Waals surface area contributed by atoms with Crippen LogP contribution in [0.2, 0.25) is 0 Å². The maximum absolute atomic E-state index is 13.3. The fourth-order valence-corrected chi connectivity index (χ4v) is 5.53. The number of rotatable bonds is 21. The van der Waals surface area contributed by atoms with E-state index in [2.05, 4.69) is 19.7 Å². The molecule has 0 amide bonds. The summed E-state index contributed by atoms with van der Waals surface area (Å²) in [5.74, 6) is -7.32. The van der Waals surface area contributed by atoms with Crippen LogP contribution < -0.4 is 0 Å². The summed E-state index contributed by atoms with van der Waals surface area (Å²) in [6, 6.07) is 0. The summed E-state index contributed by atoms with van der Waals surface area (Å²) in [6.07, 6.45) is 5.37. The predicted octanol–water partition coefficient (Wildman–Crippen LogP) is 7.48. The van der Waals surface area contributed by atoms with Crippen molar-refractivity contribution in [1.82, 2.24) is 0 Å². The van der Waals surface area contributed by atoms with Crippen molar-refractivity contribution < 1.29 is 57.9 Å². The lowest BCUT2D eigenvalue weighted by Gasteiger charge is -2.23. The van der Waals surface area contributed by atoms with Gasteiger partial charge in [0.25, 0.3) is 0 Å². The maximum atomic E-state index is 13.3. The highest BCUT2D eigenvalue weighted by Gasteiger charge is 2.30. The van der Waals surface area contributed by atoms with E-state index in [0.29, 0.717) is 35.1 Å². The van der Waals surface area contributed by atoms with Gasteiger partial charge in [0.1, 0.15) is 24.9 Å². The Morgan fingerprint density at radius 2 is 1.52 bits per heavy atom. The fourth-order valence-electron chi connectivity index (χ4n) is 5.53. The number of esters is 4. The molecule has 52 heavy (non-hydrogen) atoms. The highest BCUT2D eigenvalue weighted by molar-refractivity contribution is 5.87. The molecule has 0 aromatic rings. The van der Waals surface area contributed by atoms with Crippen molar-refractivity contribution in [3.8, 4) is 0 Å². The molecule has 0 saturated heterocycles. The molecule has 1 aliphatic rings. The second kappa shape index (κ2) is 22.0. The third kappa shape index (κ3) is 15.5. The van der Waals surface area contributed by atoms with Crippen LogP contribution in [0.3, 0.4) is 0 Å². The van der Waals surface area contributed by atoms with Gasteiger partial charge in [-0.25, -0.2) is 4.79 Å². The van der Waals surface area contributed by atoms with Crippen LogP contribution in [0.25, 0.3) is 0 Å². The molecule has 0 spiro atoms. The topological polar surface area (TPSA) is 180 Å². The Hall–Kier alpha value is -5.00. The maximum Gasteiger partial charge on any atom is 0.333 e. The first-order valence-corrected chi connectivity index (χ1v) is 17.2.